The van der Waals surface area contributed by atoms with Crippen LogP contribution in [-0.4, -0.2) is 14.5 Å². The molecule has 0 radical (unpaired) electrons. The van der Waals surface area contributed by atoms with E-state index in [4.69, 9.17) is 11.6 Å². The molecule has 0 atom stereocenters. The number of imidazole rings is 1. The topological polar surface area (TPSA) is 30.7 Å². The average Bonchev–Trinajstić information content (AvgIpc) is 2.93. The third kappa shape index (κ3) is 1.82. The Labute approximate surface area is 106 Å². The van der Waals surface area contributed by atoms with Gasteiger partial charge in [0.15, 0.2) is 5.65 Å². The van der Waals surface area contributed by atoms with Crippen molar-refractivity contribution in [3.8, 4) is 0 Å². The van der Waals surface area contributed by atoms with Gasteiger partial charge in [0.05, 0.1) is 5.88 Å². The highest BCUT2D eigenvalue weighted by atomic mass is 35.5. The quantitative estimate of drug-likeness (QED) is 0.762. The molecule has 90 valence electrons. The lowest BCUT2D eigenvalue weighted by Gasteiger charge is -2.14. The maximum Gasteiger partial charge on any atom is 0.160 e. The molecule has 1 aliphatic rings. The summed E-state index contributed by atoms with van der Waals surface area (Å²) < 4.78 is 2.26. The maximum absolute atomic E-state index is 6.01. The summed E-state index contributed by atoms with van der Waals surface area (Å²) in [6.07, 6.45) is 6.97. The summed E-state index contributed by atoms with van der Waals surface area (Å²) in [7, 11) is 0. The molecule has 2 aromatic rings. The lowest BCUT2D eigenvalue weighted by Crippen LogP contribution is -2.08. The fourth-order valence-corrected chi connectivity index (χ4v) is 2.96. The second-order valence-corrected chi connectivity index (χ2v) is 5.09. The van der Waals surface area contributed by atoms with Crippen molar-refractivity contribution < 1.29 is 0 Å². The van der Waals surface area contributed by atoms with Crippen molar-refractivity contribution in [1.82, 2.24) is 14.5 Å². The standard InChI is InChI=1S/C13H16ClN3/c1-9-6-11-13(15-8-9)17(12(7-14)16-11)10-4-2-3-5-10/h6,8,10H,2-5,7H2,1H3. The van der Waals surface area contributed by atoms with Gasteiger partial charge in [-0.2, -0.15) is 0 Å². The van der Waals surface area contributed by atoms with E-state index in [1.165, 1.54) is 25.7 Å². The number of alkyl halides is 1. The van der Waals surface area contributed by atoms with E-state index in [-0.39, 0.29) is 0 Å². The summed E-state index contributed by atoms with van der Waals surface area (Å²) in [6.45, 7) is 2.04. The molecular weight excluding hydrogens is 234 g/mol. The van der Waals surface area contributed by atoms with Gasteiger partial charge in [-0.15, -0.1) is 11.6 Å². The van der Waals surface area contributed by atoms with E-state index in [2.05, 4.69) is 20.6 Å². The Kier molecular flexibility index (Phi) is 2.79. The number of fused-ring (bicyclic) bond motifs is 1. The van der Waals surface area contributed by atoms with Gasteiger partial charge in [-0.05, 0) is 31.4 Å². The van der Waals surface area contributed by atoms with Crippen molar-refractivity contribution in [2.45, 2.75) is 44.5 Å². The van der Waals surface area contributed by atoms with Gasteiger partial charge in [-0.25, -0.2) is 9.97 Å². The number of aryl methyl sites for hydroxylation is 1. The lowest BCUT2D eigenvalue weighted by molar-refractivity contribution is 0.515. The van der Waals surface area contributed by atoms with Gasteiger partial charge in [0.2, 0.25) is 0 Å². The summed E-state index contributed by atoms with van der Waals surface area (Å²) >= 11 is 6.01. The Hall–Kier alpha value is -1.09. The third-order valence-electron chi connectivity index (χ3n) is 3.55. The average molecular weight is 250 g/mol. The predicted octanol–water partition coefficient (Wildman–Crippen LogP) is 3.59. The van der Waals surface area contributed by atoms with Crippen LogP contribution < -0.4 is 0 Å². The zero-order chi connectivity index (χ0) is 11.8. The van der Waals surface area contributed by atoms with Crippen LogP contribution in [-0.2, 0) is 5.88 Å². The largest absolute Gasteiger partial charge is 0.309 e. The van der Waals surface area contributed by atoms with Gasteiger partial charge >= 0.3 is 0 Å². The minimum Gasteiger partial charge on any atom is -0.309 e. The number of pyridine rings is 1. The summed E-state index contributed by atoms with van der Waals surface area (Å²) in [4.78, 5) is 9.14. The zero-order valence-corrected chi connectivity index (χ0v) is 10.7. The van der Waals surface area contributed by atoms with Gasteiger partial charge in [0.1, 0.15) is 11.3 Å². The van der Waals surface area contributed by atoms with Crippen LogP contribution in [0.3, 0.4) is 0 Å². The first-order valence-electron chi connectivity index (χ1n) is 6.19. The van der Waals surface area contributed by atoms with E-state index in [1.54, 1.807) is 0 Å². The minimum atomic E-state index is 0.464. The number of hydrogen-bond donors (Lipinski definition) is 0. The Morgan fingerprint density at radius 2 is 2.18 bits per heavy atom. The molecular formula is C13H16ClN3. The van der Waals surface area contributed by atoms with E-state index in [0.717, 1.165) is 22.6 Å². The van der Waals surface area contributed by atoms with Crippen LogP contribution in [0.15, 0.2) is 12.3 Å². The third-order valence-corrected chi connectivity index (χ3v) is 3.79. The van der Waals surface area contributed by atoms with E-state index in [0.29, 0.717) is 11.9 Å². The van der Waals surface area contributed by atoms with Crippen LogP contribution in [0.5, 0.6) is 0 Å². The molecule has 1 saturated carbocycles. The molecule has 3 nitrogen and oxygen atoms in total. The first kappa shape index (κ1) is 11.0. The minimum absolute atomic E-state index is 0.464. The molecule has 17 heavy (non-hydrogen) atoms. The van der Waals surface area contributed by atoms with Crippen molar-refractivity contribution in [3.63, 3.8) is 0 Å². The molecule has 0 unspecified atom stereocenters. The van der Waals surface area contributed by atoms with E-state index in [9.17, 15) is 0 Å². The van der Waals surface area contributed by atoms with Gasteiger partial charge < -0.3 is 4.57 Å². The van der Waals surface area contributed by atoms with Gasteiger partial charge in [0.25, 0.3) is 0 Å². The highest BCUT2D eigenvalue weighted by Crippen LogP contribution is 2.33. The van der Waals surface area contributed by atoms with Crippen LogP contribution in [0.2, 0.25) is 0 Å². The Bertz CT molecular complexity index is 541. The summed E-state index contributed by atoms with van der Waals surface area (Å²) in [5.41, 5.74) is 3.13. The molecule has 0 aliphatic heterocycles. The molecule has 0 N–H and O–H groups in total. The molecule has 1 fully saturated rings. The Morgan fingerprint density at radius 3 is 2.88 bits per heavy atom. The van der Waals surface area contributed by atoms with Crippen molar-refractivity contribution >= 4 is 22.8 Å². The second-order valence-electron chi connectivity index (χ2n) is 4.83. The number of nitrogens with zero attached hydrogens (tertiary/aromatic N) is 3. The highest BCUT2D eigenvalue weighted by Gasteiger charge is 2.22. The first-order chi connectivity index (χ1) is 8.29. The summed E-state index contributed by atoms with van der Waals surface area (Å²) in [6, 6.07) is 2.63. The van der Waals surface area contributed by atoms with Crippen molar-refractivity contribution in [1.29, 1.82) is 0 Å². The molecule has 4 heteroatoms. The highest BCUT2D eigenvalue weighted by molar-refractivity contribution is 6.16. The van der Waals surface area contributed by atoms with Gasteiger partial charge in [0, 0.05) is 12.2 Å². The van der Waals surface area contributed by atoms with Gasteiger partial charge in [-0.1, -0.05) is 12.8 Å². The molecule has 2 heterocycles. The molecule has 0 saturated heterocycles. The van der Waals surface area contributed by atoms with E-state index < -0.39 is 0 Å². The first-order valence-corrected chi connectivity index (χ1v) is 6.72. The smallest absolute Gasteiger partial charge is 0.160 e. The SMILES string of the molecule is Cc1cnc2c(c1)nc(CCl)n2C1CCCC1. The summed E-state index contributed by atoms with van der Waals surface area (Å²) in [5.74, 6) is 1.43. The van der Waals surface area contributed by atoms with Crippen LogP contribution in [0.25, 0.3) is 11.2 Å². The summed E-state index contributed by atoms with van der Waals surface area (Å²) in [5, 5.41) is 0. The Morgan fingerprint density at radius 1 is 1.41 bits per heavy atom. The second kappa shape index (κ2) is 4.30. The van der Waals surface area contributed by atoms with Crippen molar-refractivity contribution in [2.75, 3.05) is 0 Å². The molecule has 0 bridgehead atoms. The number of hydrogen-bond acceptors (Lipinski definition) is 2. The molecule has 0 aromatic carbocycles. The van der Waals surface area contributed by atoms with Crippen LogP contribution in [0, 0.1) is 6.92 Å². The number of halogens is 1. The molecule has 0 amide bonds. The fourth-order valence-electron chi connectivity index (χ4n) is 2.77. The van der Waals surface area contributed by atoms with Gasteiger partial charge in [-0.3, -0.25) is 0 Å². The fraction of sp³-hybridized carbons (Fsp3) is 0.538. The predicted molar refractivity (Wildman–Crippen MR) is 69.3 cm³/mol. The monoisotopic (exact) mass is 249 g/mol. The Balaban J connectivity index is 2.19. The zero-order valence-electron chi connectivity index (χ0n) is 9.99. The van der Waals surface area contributed by atoms with Crippen LogP contribution in [0.4, 0.5) is 0 Å². The van der Waals surface area contributed by atoms with Crippen LogP contribution in [0.1, 0.15) is 43.1 Å². The molecule has 1 aliphatic carbocycles. The maximum atomic E-state index is 6.01. The van der Waals surface area contributed by atoms with Crippen molar-refractivity contribution in [3.05, 3.63) is 23.7 Å². The lowest BCUT2D eigenvalue weighted by atomic mass is 10.2. The molecule has 3 rings (SSSR count). The molecule has 2 aromatic heterocycles. The number of rotatable bonds is 2. The molecule has 0 spiro atoms. The van der Waals surface area contributed by atoms with E-state index >= 15 is 0 Å². The number of aromatic nitrogens is 3. The van der Waals surface area contributed by atoms with E-state index in [1.807, 2.05) is 13.1 Å². The van der Waals surface area contributed by atoms with Crippen LogP contribution >= 0.6 is 11.6 Å². The normalized spacial score (nSPS) is 17.1. The van der Waals surface area contributed by atoms with Crippen molar-refractivity contribution in [2.24, 2.45) is 0 Å².